The van der Waals surface area contributed by atoms with Crippen LogP contribution < -0.4 is 5.73 Å². The third-order valence-electron chi connectivity index (χ3n) is 1.64. The van der Waals surface area contributed by atoms with Gasteiger partial charge in [-0.1, -0.05) is 0 Å². The zero-order valence-corrected chi connectivity index (χ0v) is 8.75. The van der Waals surface area contributed by atoms with Gasteiger partial charge in [0.1, 0.15) is 0 Å². The Kier molecular flexibility index (Phi) is 2.46. The molecule has 5 nitrogen and oxygen atoms in total. The summed E-state index contributed by atoms with van der Waals surface area (Å²) >= 11 is 0.991. The number of aliphatic hydroxyl groups is 2. The number of carbonyl (C=O) groups is 1. The van der Waals surface area contributed by atoms with E-state index in [1.165, 1.54) is 11.8 Å². The second kappa shape index (κ2) is 2.87. The Labute approximate surface area is 79.5 Å². The summed E-state index contributed by atoms with van der Waals surface area (Å²) in [6.07, 6.45) is 1.74. The first-order chi connectivity index (χ1) is 5.36. The van der Waals surface area contributed by atoms with Gasteiger partial charge in [0, 0.05) is 0 Å². The Morgan fingerprint density at radius 3 is 2.58 bits per heavy atom. The van der Waals surface area contributed by atoms with Crippen LogP contribution in [0.4, 0.5) is 0 Å². The van der Waals surface area contributed by atoms with Crippen molar-refractivity contribution in [2.24, 2.45) is 5.73 Å². The molecule has 0 aromatic carbocycles. The number of hydrogen-bond acceptors (Lipinski definition) is 5. The van der Waals surface area contributed by atoms with Crippen molar-refractivity contribution in [3.8, 4) is 0 Å². The molecule has 1 heterocycles. The first kappa shape index (κ1) is 10.3. The number of aliphatic carboxylic acids is 1. The summed E-state index contributed by atoms with van der Waals surface area (Å²) < 4.78 is -1.83. The van der Waals surface area contributed by atoms with E-state index in [2.05, 4.69) is 0 Å². The van der Waals surface area contributed by atoms with Crippen LogP contribution >= 0.6 is 11.8 Å². The van der Waals surface area contributed by atoms with E-state index in [-0.39, 0.29) is 19.1 Å². The van der Waals surface area contributed by atoms with Gasteiger partial charge in [-0.25, -0.2) is 0 Å². The zero-order valence-electron chi connectivity index (χ0n) is 6.22. The Hall–Kier alpha value is 0.219. The van der Waals surface area contributed by atoms with Crippen LogP contribution in [0.15, 0.2) is 0 Å². The molecule has 0 amide bonds. The van der Waals surface area contributed by atoms with Crippen LogP contribution in [0, 0.1) is 0 Å². The van der Waals surface area contributed by atoms with Gasteiger partial charge in [-0.05, 0) is 0 Å². The molecule has 1 rings (SSSR count). The van der Waals surface area contributed by atoms with Gasteiger partial charge in [-0.2, -0.15) is 0 Å². The molecular formula is C5H9NO4SSe. The first-order valence-electron chi connectivity index (χ1n) is 3.04. The average Bonchev–Trinajstić information content (AvgIpc) is 2.63. The van der Waals surface area contributed by atoms with Crippen molar-refractivity contribution in [2.75, 3.05) is 6.26 Å². The Morgan fingerprint density at radius 1 is 1.83 bits per heavy atom. The molecule has 0 spiro atoms. The van der Waals surface area contributed by atoms with Crippen molar-refractivity contribution < 1.29 is 20.1 Å². The second-order valence-corrected chi connectivity index (χ2v) is 6.86. The van der Waals surface area contributed by atoms with Crippen LogP contribution in [0.5, 0.6) is 0 Å². The van der Waals surface area contributed by atoms with Crippen LogP contribution in [-0.2, 0) is 4.79 Å². The van der Waals surface area contributed by atoms with Gasteiger partial charge in [0.25, 0.3) is 0 Å². The van der Waals surface area contributed by atoms with E-state index in [0.717, 1.165) is 0 Å². The molecule has 1 saturated heterocycles. The standard InChI is InChI=1S/C5H9NO4SSe/c1-11-3-5(10,12-3)4(6,9)2(7)8/h3,9-10H,6H2,1H3,(H,7,8). The monoisotopic (exact) mass is 259 g/mol. The number of hydrogen-bond donors (Lipinski definition) is 4. The SMILES string of the molecule is CSC1[Se]C1(O)C(N)(O)C(=O)O. The molecule has 0 aromatic rings. The second-order valence-electron chi connectivity index (χ2n) is 2.45. The predicted octanol–water partition coefficient (Wildman–Crippen LogP) is -2.19. The molecule has 1 fully saturated rings. The summed E-state index contributed by atoms with van der Waals surface area (Å²) in [5, 5.41) is 27.3. The van der Waals surface area contributed by atoms with Gasteiger partial charge in [0.2, 0.25) is 0 Å². The van der Waals surface area contributed by atoms with Crippen LogP contribution in [0.25, 0.3) is 0 Å². The fourth-order valence-electron chi connectivity index (χ4n) is 0.760. The molecule has 0 radical (unpaired) electrons. The van der Waals surface area contributed by atoms with Gasteiger partial charge in [-0.15, -0.1) is 0 Å². The summed E-state index contributed by atoms with van der Waals surface area (Å²) in [4.78, 5) is 10.4. The minimum absolute atomic E-state index is 0.226. The summed E-state index contributed by atoms with van der Waals surface area (Å²) in [6, 6.07) is 0. The fraction of sp³-hybridized carbons (Fsp3) is 0.800. The summed E-state index contributed by atoms with van der Waals surface area (Å²) in [6.45, 7) is 0. The minimum atomic E-state index is -2.50. The van der Waals surface area contributed by atoms with Crippen LogP contribution in [0.2, 0.25) is 0 Å². The van der Waals surface area contributed by atoms with Crippen molar-refractivity contribution in [1.82, 2.24) is 0 Å². The molecule has 70 valence electrons. The Morgan fingerprint density at radius 2 is 2.33 bits per heavy atom. The number of thioether (sulfide) groups is 1. The topological polar surface area (TPSA) is 104 Å². The number of carboxylic acids is 1. The molecule has 1 aliphatic rings. The average molecular weight is 258 g/mol. The summed E-state index contributed by atoms with van der Waals surface area (Å²) in [5.41, 5.74) is 2.57. The first-order valence-corrected chi connectivity index (χ1v) is 6.17. The van der Waals surface area contributed by atoms with Crippen molar-refractivity contribution in [3.63, 3.8) is 0 Å². The molecule has 5 N–H and O–H groups in total. The Balaban J connectivity index is 2.77. The van der Waals surface area contributed by atoms with E-state index < -0.39 is 16.2 Å². The summed E-state index contributed by atoms with van der Waals surface area (Å²) in [5.74, 6) is -1.58. The van der Waals surface area contributed by atoms with E-state index in [1.807, 2.05) is 0 Å². The third-order valence-corrected chi connectivity index (χ3v) is 6.99. The zero-order chi connectivity index (χ0) is 9.57. The summed E-state index contributed by atoms with van der Waals surface area (Å²) in [7, 11) is 0. The molecule has 7 heteroatoms. The fourth-order valence-corrected chi connectivity index (χ4v) is 4.81. The van der Waals surface area contributed by atoms with Crippen molar-refractivity contribution in [2.45, 2.75) is 14.4 Å². The number of carboxylic acid groups (broad SMARTS) is 1. The van der Waals surface area contributed by atoms with Crippen LogP contribution in [0.1, 0.15) is 0 Å². The maximum atomic E-state index is 10.4. The molecular weight excluding hydrogens is 249 g/mol. The molecule has 0 saturated carbocycles. The number of nitrogens with two attached hydrogens (primary N) is 1. The Bertz CT molecular complexity index is 223. The normalized spacial score (nSPS) is 38.8. The third kappa shape index (κ3) is 1.26. The maximum absolute atomic E-state index is 10.4. The van der Waals surface area contributed by atoms with Crippen LogP contribution in [-0.4, -0.2) is 56.9 Å². The van der Waals surface area contributed by atoms with E-state index in [4.69, 9.17) is 10.8 Å². The van der Waals surface area contributed by atoms with Gasteiger partial charge in [0.15, 0.2) is 0 Å². The van der Waals surface area contributed by atoms with Gasteiger partial charge >= 0.3 is 79.2 Å². The quantitative estimate of drug-likeness (QED) is 0.339. The molecule has 0 aliphatic carbocycles. The van der Waals surface area contributed by atoms with Gasteiger partial charge in [0.05, 0.1) is 0 Å². The molecule has 3 atom stereocenters. The van der Waals surface area contributed by atoms with Crippen molar-refractivity contribution in [3.05, 3.63) is 0 Å². The van der Waals surface area contributed by atoms with E-state index in [0.29, 0.717) is 0 Å². The van der Waals surface area contributed by atoms with Gasteiger partial charge in [-0.3, -0.25) is 0 Å². The molecule has 0 bridgehead atoms. The molecule has 0 aromatic heterocycles. The van der Waals surface area contributed by atoms with E-state index in [1.54, 1.807) is 6.26 Å². The van der Waals surface area contributed by atoms with E-state index >= 15 is 0 Å². The number of rotatable bonds is 3. The molecule has 3 unspecified atom stereocenters. The van der Waals surface area contributed by atoms with Crippen LogP contribution in [0.3, 0.4) is 0 Å². The van der Waals surface area contributed by atoms with Crippen molar-refractivity contribution >= 4 is 32.7 Å². The van der Waals surface area contributed by atoms with Crippen molar-refractivity contribution in [1.29, 1.82) is 0 Å². The molecule has 12 heavy (non-hydrogen) atoms. The predicted molar refractivity (Wildman–Crippen MR) is 44.8 cm³/mol. The van der Waals surface area contributed by atoms with Gasteiger partial charge < -0.3 is 0 Å². The molecule has 1 aliphatic heterocycles. The van der Waals surface area contributed by atoms with E-state index in [9.17, 15) is 15.0 Å².